The lowest BCUT2D eigenvalue weighted by Gasteiger charge is -2.40. The molecule has 2 bridgehead atoms. The number of hydrogen-bond donors (Lipinski definition) is 1. The normalized spacial score (nSPS) is 30.9. The number of aromatic nitrogens is 2. The summed E-state index contributed by atoms with van der Waals surface area (Å²) in [5.74, 6) is 0.748. The number of piperidine rings is 1. The number of nitrogens with one attached hydrogen (secondary N) is 1. The van der Waals surface area contributed by atoms with Gasteiger partial charge in [0.2, 0.25) is 5.91 Å². The summed E-state index contributed by atoms with van der Waals surface area (Å²) in [6, 6.07) is 2.47. The number of nitrogens with zero attached hydrogens (tertiary/aromatic N) is 5. The maximum absolute atomic E-state index is 13.5. The predicted octanol–water partition coefficient (Wildman–Crippen LogP) is 1.87. The fourth-order valence-electron chi connectivity index (χ4n) is 4.66. The number of rotatable bonds is 4. The monoisotopic (exact) mass is 430 g/mol. The van der Waals surface area contributed by atoms with Gasteiger partial charge in [0, 0.05) is 36.9 Å². The van der Waals surface area contributed by atoms with Crippen molar-refractivity contribution in [1.82, 2.24) is 20.2 Å². The minimum atomic E-state index is -1.09. The molecule has 0 saturated carbocycles. The lowest BCUT2D eigenvalue weighted by Crippen LogP contribution is -2.51. The first-order chi connectivity index (χ1) is 12.7. The van der Waals surface area contributed by atoms with E-state index in [0.717, 1.165) is 31.5 Å². The second-order valence-electron chi connectivity index (χ2n) is 7.43. The van der Waals surface area contributed by atoms with Crippen LogP contribution in [-0.2, 0) is 4.79 Å². The Morgan fingerprint density at radius 2 is 1.96 bits per heavy atom. The Morgan fingerprint density at radius 1 is 1.25 bits per heavy atom. The number of carbonyl (C=O) groups excluding carboxylic acids is 1. The highest BCUT2D eigenvalue weighted by molar-refractivity contribution is 5.85. The standard InChI is InChI=1S/C18H23FN6O.2ClH/c19-12-5-16(8-20)24(11-12)18(26)10-23-13-6-14-1-2-15(7-13)25(14)17-9-21-3-4-22-17;;/h3-4,9,12-16,23H,1-2,5-7,10-11H2;2*1H/t12-,13?,14?,15?,16-;;/m0../s1. The van der Waals surface area contributed by atoms with Gasteiger partial charge < -0.3 is 15.1 Å². The Labute approximate surface area is 176 Å². The molecule has 0 aromatic carbocycles. The summed E-state index contributed by atoms with van der Waals surface area (Å²) in [6.45, 7) is 0.204. The molecule has 1 aromatic heterocycles. The van der Waals surface area contributed by atoms with E-state index in [9.17, 15) is 9.18 Å². The smallest absolute Gasteiger partial charge is 0.237 e. The van der Waals surface area contributed by atoms with Gasteiger partial charge >= 0.3 is 0 Å². The molecule has 3 saturated heterocycles. The van der Waals surface area contributed by atoms with Gasteiger partial charge in [-0.25, -0.2) is 9.37 Å². The number of alkyl halides is 1. The molecular formula is C18H25Cl2FN6O. The molecular weight excluding hydrogens is 406 g/mol. The maximum atomic E-state index is 13.5. The SMILES string of the molecule is Cl.Cl.N#C[C@@H]1C[C@H](F)CN1C(=O)CNC1CC2CCC(C1)N2c1cnccn1. The Kier molecular flexibility index (Phi) is 7.81. The minimum Gasteiger partial charge on any atom is -0.349 e. The Bertz CT molecular complexity index is 691. The zero-order chi connectivity index (χ0) is 18.1. The molecule has 28 heavy (non-hydrogen) atoms. The number of halogens is 3. The number of fused-ring (bicyclic) bond motifs is 2. The van der Waals surface area contributed by atoms with Gasteiger partial charge in [0.05, 0.1) is 25.4 Å². The quantitative estimate of drug-likeness (QED) is 0.784. The summed E-state index contributed by atoms with van der Waals surface area (Å²) in [4.78, 5) is 24.7. The summed E-state index contributed by atoms with van der Waals surface area (Å²) >= 11 is 0. The van der Waals surface area contributed by atoms with Crippen molar-refractivity contribution in [2.75, 3.05) is 18.0 Å². The summed E-state index contributed by atoms with van der Waals surface area (Å²) in [5, 5.41) is 12.4. The van der Waals surface area contributed by atoms with E-state index in [1.165, 1.54) is 4.90 Å². The molecule has 4 rings (SSSR count). The van der Waals surface area contributed by atoms with Crippen molar-refractivity contribution in [3.05, 3.63) is 18.6 Å². The molecule has 7 nitrogen and oxygen atoms in total. The summed E-state index contributed by atoms with van der Waals surface area (Å²) in [7, 11) is 0. The highest BCUT2D eigenvalue weighted by Crippen LogP contribution is 2.38. The highest BCUT2D eigenvalue weighted by atomic mass is 35.5. The second kappa shape index (κ2) is 9.68. The van der Waals surface area contributed by atoms with Crippen LogP contribution in [0.2, 0.25) is 0 Å². The topological polar surface area (TPSA) is 85.2 Å². The van der Waals surface area contributed by atoms with Crippen molar-refractivity contribution >= 4 is 36.5 Å². The third kappa shape index (κ3) is 4.48. The number of likely N-dealkylation sites (tertiary alicyclic amines) is 1. The van der Waals surface area contributed by atoms with Gasteiger partial charge in [-0.1, -0.05) is 0 Å². The van der Waals surface area contributed by atoms with Crippen LogP contribution in [0.15, 0.2) is 18.6 Å². The molecule has 0 spiro atoms. The molecule has 154 valence electrons. The van der Waals surface area contributed by atoms with Crippen molar-refractivity contribution in [2.45, 2.75) is 62.4 Å². The van der Waals surface area contributed by atoms with E-state index in [1.54, 1.807) is 12.4 Å². The van der Waals surface area contributed by atoms with Crippen molar-refractivity contribution in [3.63, 3.8) is 0 Å². The molecule has 3 aliphatic rings. The fourth-order valence-corrected chi connectivity index (χ4v) is 4.66. The number of hydrogen-bond acceptors (Lipinski definition) is 6. The molecule has 2 unspecified atom stereocenters. The zero-order valence-corrected chi connectivity index (χ0v) is 17.0. The summed E-state index contributed by atoms with van der Waals surface area (Å²) in [6.07, 6.45) is 8.40. The van der Waals surface area contributed by atoms with E-state index < -0.39 is 12.2 Å². The summed E-state index contributed by atoms with van der Waals surface area (Å²) < 4.78 is 13.5. The maximum Gasteiger partial charge on any atom is 0.237 e. The van der Waals surface area contributed by atoms with Crippen LogP contribution < -0.4 is 10.2 Å². The van der Waals surface area contributed by atoms with Crippen LogP contribution in [0.1, 0.15) is 32.1 Å². The lowest BCUT2D eigenvalue weighted by atomic mass is 9.97. The van der Waals surface area contributed by atoms with Gasteiger partial charge in [-0.05, 0) is 25.7 Å². The van der Waals surface area contributed by atoms with Crippen molar-refractivity contribution in [1.29, 1.82) is 5.26 Å². The number of nitriles is 1. The predicted molar refractivity (Wildman–Crippen MR) is 107 cm³/mol. The van der Waals surface area contributed by atoms with Gasteiger partial charge in [-0.3, -0.25) is 9.78 Å². The van der Waals surface area contributed by atoms with Crippen molar-refractivity contribution < 1.29 is 9.18 Å². The van der Waals surface area contributed by atoms with Crippen LogP contribution in [-0.4, -0.2) is 64.2 Å². The molecule has 0 aliphatic carbocycles. The van der Waals surface area contributed by atoms with E-state index in [4.69, 9.17) is 5.26 Å². The third-order valence-electron chi connectivity index (χ3n) is 5.81. The van der Waals surface area contributed by atoms with Gasteiger partial charge in [0.15, 0.2) is 0 Å². The van der Waals surface area contributed by atoms with Gasteiger partial charge in [-0.2, -0.15) is 5.26 Å². The van der Waals surface area contributed by atoms with Crippen molar-refractivity contribution in [3.8, 4) is 6.07 Å². The number of anilines is 1. The van der Waals surface area contributed by atoms with Gasteiger partial charge in [0.1, 0.15) is 18.0 Å². The Morgan fingerprint density at radius 3 is 2.57 bits per heavy atom. The first-order valence-electron chi connectivity index (χ1n) is 9.26. The third-order valence-corrected chi connectivity index (χ3v) is 5.81. The lowest BCUT2D eigenvalue weighted by molar-refractivity contribution is -0.130. The van der Waals surface area contributed by atoms with Crippen molar-refractivity contribution in [2.24, 2.45) is 0 Å². The Balaban J connectivity index is 0.00000140. The van der Waals surface area contributed by atoms with Crippen LogP contribution >= 0.6 is 24.8 Å². The minimum absolute atomic E-state index is 0. The zero-order valence-electron chi connectivity index (χ0n) is 15.4. The largest absolute Gasteiger partial charge is 0.349 e. The van der Waals surface area contributed by atoms with Crippen LogP contribution in [0.4, 0.5) is 10.2 Å². The van der Waals surface area contributed by atoms with Gasteiger partial charge in [-0.15, -0.1) is 24.8 Å². The molecule has 1 amide bonds. The first-order valence-corrected chi connectivity index (χ1v) is 9.26. The Hall–Kier alpha value is -1.69. The highest BCUT2D eigenvalue weighted by Gasteiger charge is 2.42. The molecule has 10 heteroatoms. The molecule has 0 radical (unpaired) electrons. The van der Waals surface area contributed by atoms with E-state index in [1.807, 2.05) is 12.3 Å². The fraction of sp³-hybridized carbons (Fsp3) is 0.667. The van der Waals surface area contributed by atoms with Crippen LogP contribution in [0.5, 0.6) is 0 Å². The van der Waals surface area contributed by atoms with E-state index in [-0.39, 0.29) is 56.3 Å². The van der Waals surface area contributed by atoms with E-state index >= 15 is 0 Å². The summed E-state index contributed by atoms with van der Waals surface area (Å²) in [5.41, 5.74) is 0. The molecule has 1 aromatic rings. The van der Waals surface area contributed by atoms with Gasteiger partial charge in [0.25, 0.3) is 0 Å². The number of amides is 1. The first kappa shape index (κ1) is 22.6. The van der Waals surface area contributed by atoms with E-state index in [0.29, 0.717) is 12.1 Å². The van der Waals surface area contributed by atoms with Crippen LogP contribution in [0.25, 0.3) is 0 Å². The number of carbonyl (C=O) groups is 1. The molecule has 1 N–H and O–H groups in total. The molecule has 3 fully saturated rings. The molecule has 3 aliphatic heterocycles. The molecule has 4 atom stereocenters. The second-order valence-corrected chi connectivity index (χ2v) is 7.43. The average Bonchev–Trinajstić information content (AvgIpc) is 3.17. The van der Waals surface area contributed by atoms with Crippen LogP contribution in [0, 0.1) is 11.3 Å². The van der Waals surface area contributed by atoms with E-state index in [2.05, 4.69) is 20.2 Å². The van der Waals surface area contributed by atoms with Crippen LogP contribution in [0.3, 0.4) is 0 Å². The molecule has 4 heterocycles. The average molecular weight is 431 g/mol.